The van der Waals surface area contributed by atoms with Gasteiger partial charge in [-0.1, -0.05) is 0 Å². The van der Waals surface area contributed by atoms with Crippen LogP contribution in [-0.2, 0) is 13.1 Å². The van der Waals surface area contributed by atoms with Crippen LogP contribution in [-0.4, -0.2) is 47.6 Å². The molecule has 1 aromatic heterocycles. The molecule has 2 rings (SSSR count). The first-order valence-electron chi connectivity index (χ1n) is 8.03. The van der Waals surface area contributed by atoms with E-state index < -0.39 is 0 Å². The molecule has 2 heterocycles. The molecule has 0 bridgehead atoms. The molecule has 1 saturated heterocycles. The van der Waals surface area contributed by atoms with Crippen LogP contribution in [0.4, 0.5) is 0 Å². The van der Waals surface area contributed by atoms with Gasteiger partial charge in [-0.15, -0.1) is 0 Å². The van der Waals surface area contributed by atoms with Crippen LogP contribution in [0.25, 0.3) is 0 Å². The van der Waals surface area contributed by atoms with Crippen molar-refractivity contribution >= 4 is 0 Å². The molecule has 0 radical (unpaired) electrons. The van der Waals surface area contributed by atoms with Gasteiger partial charge in [-0.2, -0.15) is 5.26 Å². The number of nitriles is 1. The third-order valence-corrected chi connectivity index (χ3v) is 4.94. The summed E-state index contributed by atoms with van der Waals surface area (Å²) < 4.78 is 2.04. The van der Waals surface area contributed by atoms with Gasteiger partial charge < -0.3 is 9.47 Å². The quantitative estimate of drug-likeness (QED) is 0.835. The zero-order chi connectivity index (χ0) is 15.4. The smallest absolute Gasteiger partial charge is 0.120 e. The minimum atomic E-state index is 0.665. The van der Waals surface area contributed by atoms with Gasteiger partial charge in [0, 0.05) is 25.3 Å². The number of hydrogen-bond donors (Lipinski definition) is 0. The number of hydrogen-bond acceptors (Lipinski definition) is 3. The Labute approximate surface area is 129 Å². The number of piperidine rings is 1. The summed E-state index contributed by atoms with van der Waals surface area (Å²) in [6.07, 6.45) is 4.69. The molecule has 1 aliphatic heterocycles. The predicted octanol–water partition coefficient (Wildman–Crippen LogP) is 2.54. The maximum atomic E-state index is 9.13. The van der Waals surface area contributed by atoms with Crippen LogP contribution in [0.1, 0.15) is 37.9 Å². The minimum absolute atomic E-state index is 0.665. The first kappa shape index (κ1) is 16.1. The number of aryl methyl sites for hydroxylation is 1. The zero-order valence-corrected chi connectivity index (χ0v) is 13.8. The fourth-order valence-corrected chi connectivity index (χ4v) is 3.28. The largest absolute Gasteiger partial charge is 0.339 e. The lowest BCUT2D eigenvalue weighted by molar-refractivity contribution is 0.121. The summed E-state index contributed by atoms with van der Waals surface area (Å²) in [5.74, 6) is 0.811. The normalized spacial score (nSPS) is 18.9. The summed E-state index contributed by atoms with van der Waals surface area (Å²) in [5.41, 5.74) is 2.05. The van der Waals surface area contributed by atoms with E-state index in [0.29, 0.717) is 6.04 Å². The van der Waals surface area contributed by atoms with E-state index in [0.717, 1.165) is 24.7 Å². The highest BCUT2D eigenvalue weighted by molar-refractivity contribution is 5.28. The van der Waals surface area contributed by atoms with Gasteiger partial charge in [-0.05, 0) is 71.4 Å². The molecule has 4 heteroatoms. The van der Waals surface area contributed by atoms with Crippen molar-refractivity contribution in [1.82, 2.24) is 14.4 Å². The SMILES string of the molecule is CCn1cc(CN2CCC([C@@H](C)N(C)C)CC2)cc1C#N. The molecule has 1 aliphatic rings. The van der Waals surface area contributed by atoms with E-state index >= 15 is 0 Å². The number of aromatic nitrogens is 1. The van der Waals surface area contributed by atoms with Crippen LogP contribution < -0.4 is 0 Å². The average molecular weight is 288 g/mol. The summed E-state index contributed by atoms with van der Waals surface area (Å²) in [6.45, 7) is 8.60. The Balaban J connectivity index is 1.89. The maximum Gasteiger partial charge on any atom is 0.120 e. The fourth-order valence-electron chi connectivity index (χ4n) is 3.28. The van der Waals surface area contributed by atoms with Gasteiger partial charge in [0.1, 0.15) is 11.8 Å². The molecule has 1 aromatic rings. The van der Waals surface area contributed by atoms with Gasteiger partial charge in [0.2, 0.25) is 0 Å². The van der Waals surface area contributed by atoms with Gasteiger partial charge in [-0.3, -0.25) is 4.90 Å². The summed E-state index contributed by atoms with van der Waals surface area (Å²) in [4.78, 5) is 4.86. The zero-order valence-electron chi connectivity index (χ0n) is 13.8. The van der Waals surface area contributed by atoms with E-state index in [-0.39, 0.29) is 0 Å². The fraction of sp³-hybridized carbons (Fsp3) is 0.706. The predicted molar refractivity (Wildman–Crippen MR) is 86.0 cm³/mol. The lowest BCUT2D eigenvalue weighted by Crippen LogP contribution is -2.41. The molecule has 4 nitrogen and oxygen atoms in total. The highest BCUT2D eigenvalue weighted by Gasteiger charge is 2.25. The molecule has 1 atom stereocenters. The van der Waals surface area contributed by atoms with Crippen molar-refractivity contribution in [3.8, 4) is 6.07 Å². The maximum absolute atomic E-state index is 9.13. The third kappa shape index (κ3) is 3.87. The van der Waals surface area contributed by atoms with E-state index in [4.69, 9.17) is 5.26 Å². The Hall–Kier alpha value is -1.31. The Morgan fingerprint density at radius 1 is 1.38 bits per heavy atom. The van der Waals surface area contributed by atoms with Crippen molar-refractivity contribution in [3.63, 3.8) is 0 Å². The summed E-state index contributed by atoms with van der Waals surface area (Å²) in [5, 5.41) is 9.13. The Bertz CT molecular complexity index is 489. The van der Waals surface area contributed by atoms with Gasteiger partial charge in [0.05, 0.1) is 0 Å². The molecule has 0 unspecified atom stereocenters. The molecule has 0 aliphatic carbocycles. The summed E-state index contributed by atoms with van der Waals surface area (Å²) in [7, 11) is 4.35. The topological polar surface area (TPSA) is 35.2 Å². The van der Waals surface area contributed by atoms with Crippen molar-refractivity contribution in [2.45, 2.75) is 45.8 Å². The van der Waals surface area contributed by atoms with Gasteiger partial charge in [0.15, 0.2) is 0 Å². The van der Waals surface area contributed by atoms with Crippen LogP contribution in [0, 0.1) is 17.2 Å². The third-order valence-electron chi connectivity index (χ3n) is 4.94. The van der Waals surface area contributed by atoms with Crippen LogP contribution >= 0.6 is 0 Å². The Kier molecular flexibility index (Phi) is 5.44. The van der Waals surface area contributed by atoms with Crippen LogP contribution in [0.15, 0.2) is 12.3 Å². The molecule has 0 N–H and O–H groups in total. The van der Waals surface area contributed by atoms with E-state index in [9.17, 15) is 0 Å². The second-order valence-corrected chi connectivity index (χ2v) is 6.45. The Morgan fingerprint density at radius 2 is 2.05 bits per heavy atom. The molecule has 0 amide bonds. The van der Waals surface area contributed by atoms with Gasteiger partial charge in [-0.25, -0.2) is 0 Å². The average Bonchev–Trinajstić information content (AvgIpc) is 2.89. The molecule has 0 spiro atoms. The van der Waals surface area contributed by atoms with Crippen molar-refractivity contribution in [2.75, 3.05) is 27.2 Å². The number of rotatable bonds is 5. The van der Waals surface area contributed by atoms with E-state index in [1.807, 2.05) is 10.6 Å². The lowest BCUT2D eigenvalue weighted by Gasteiger charge is -2.37. The van der Waals surface area contributed by atoms with E-state index in [1.54, 1.807) is 0 Å². The highest BCUT2D eigenvalue weighted by Crippen LogP contribution is 2.24. The molecule has 116 valence electrons. The second kappa shape index (κ2) is 7.11. The van der Waals surface area contributed by atoms with Crippen molar-refractivity contribution in [3.05, 3.63) is 23.5 Å². The van der Waals surface area contributed by atoms with E-state index in [1.165, 1.54) is 31.5 Å². The molecular formula is C17H28N4. The first-order chi connectivity index (χ1) is 10.0. The molecule has 0 aromatic carbocycles. The van der Waals surface area contributed by atoms with Crippen LogP contribution in [0.3, 0.4) is 0 Å². The summed E-state index contributed by atoms with van der Waals surface area (Å²) >= 11 is 0. The summed E-state index contributed by atoms with van der Waals surface area (Å²) in [6, 6.07) is 4.98. The number of likely N-dealkylation sites (tertiary alicyclic amines) is 1. The minimum Gasteiger partial charge on any atom is -0.339 e. The van der Waals surface area contributed by atoms with Crippen molar-refractivity contribution in [1.29, 1.82) is 5.26 Å². The van der Waals surface area contributed by atoms with E-state index in [2.05, 4.69) is 50.0 Å². The number of nitrogens with zero attached hydrogens (tertiary/aromatic N) is 4. The van der Waals surface area contributed by atoms with Gasteiger partial charge >= 0.3 is 0 Å². The van der Waals surface area contributed by atoms with Crippen molar-refractivity contribution in [2.24, 2.45) is 5.92 Å². The van der Waals surface area contributed by atoms with Gasteiger partial charge in [0.25, 0.3) is 0 Å². The molecule has 1 fully saturated rings. The lowest BCUT2D eigenvalue weighted by atomic mass is 9.89. The molecule has 0 saturated carbocycles. The van der Waals surface area contributed by atoms with Crippen LogP contribution in [0.5, 0.6) is 0 Å². The molecule has 21 heavy (non-hydrogen) atoms. The Morgan fingerprint density at radius 3 is 2.52 bits per heavy atom. The standard InChI is InChI=1S/C17H28N4/c1-5-21-13-15(10-17(21)11-18)12-20-8-6-16(7-9-20)14(2)19(3)4/h10,13-14,16H,5-9,12H2,1-4H3/t14-/m1/s1. The monoisotopic (exact) mass is 288 g/mol. The van der Waals surface area contributed by atoms with Crippen LogP contribution in [0.2, 0.25) is 0 Å². The molecular weight excluding hydrogens is 260 g/mol. The highest BCUT2D eigenvalue weighted by atomic mass is 15.1. The van der Waals surface area contributed by atoms with Crippen molar-refractivity contribution < 1.29 is 0 Å². The first-order valence-corrected chi connectivity index (χ1v) is 8.03. The second-order valence-electron chi connectivity index (χ2n) is 6.45.